The molecule has 4 nitrogen and oxygen atoms in total. The summed E-state index contributed by atoms with van der Waals surface area (Å²) in [7, 11) is 0. The third-order valence-corrected chi connectivity index (χ3v) is 3.73. The van der Waals surface area contributed by atoms with E-state index in [1.54, 1.807) is 0 Å². The number of aromatic hydroxyl groups is 1. The fourth-order valence-corrected chi connectivity index (χ4v) is 2.54. The predicted octanol–water partition coefficient (Wildman–Crippen LogP) is 2.34. The van der Waals surface area contributed by atoms with Gasteiger partial charge in [-0.05, 0) is 25.5 Å². The normalized spacial score (nSPS) is 20.1. The van der Waals surface area contributed by atoms with E-state index in [-0.39, 0.29) is 23.1 Å². The molecule has 1 aromatic carbocycles. The molecule has 20 heavy (non-hydrogen) atoms. The summed E-state index contributed by atoms with van der Waals surface area (Å²) in [5.41, 5.74) is 0.497. The number of nitrogens with zero attached hydrogens (tertiary/aromatic N) is 1. The number of halogens is 1. The first kappa shape index (κ1) is 14.9. The van der Waals surface area contributed by atoms with Crippen molar-refractivity contribution in [3.8, 4) is 5.75 Å². The van der Waals surface area contributed by atoms with Crippen LogP contribution in [0.4, 0.5) is 4.39 Å². The van der Waals surface area contributed by atoms with E-state index in [0.717, 1.165) is 19.0 Å². The molecule has 110 valence electrons. The Balaban J connectivity index is 2.26. The highest BCUT2D eigenvalue weighted by Gasteiger charge is 2.23. The van der Waals surface area contributed by atoms with E-state index in [0.29, 0.717) is 25.3 Å². The summed E-state index contributed by atoms with van der Waals surface area (Å²) in [6, 6.07) is 2.63. The number of phenolic OH excluding ortho intramolecular Hbond substituents is 1. The molecule has 0 saturated carbocycles. The Labute approximate surface area is 118 Å². The summed E-state index contributed by atoms with van der Waals surface area (Å²) < 4.78 is 19.0. The zero-order chi connectivity index (χ0) is 14.7. The minimum absolute atomic E-state index is 0.0429. The van der Waals surface area contributed by atoms with Crippen LogP contribution >= 0.6 is 0 Å². The summed E-state index contributed by atoms with van der Waals surface area (Å²) >= 11 is 0. The quantitative estimate of drug-likeness (QED) is 0.861. The average Bonchev–Trinajstić information content (AvgIpc) is 2.42. The van der Waals surface area contributed by atoms with Crippen LogP contribution in [0, 0.1) is 5.82 Å². The van der Waals surface area contributed by atoms with Crippen molar-refractivity contribution in [2.24, 2.45) is 0 Å². The van der Waals surface area contributed by atoms with Crippen molar-refractivity contribution in [2.75, 3.05) is 19.8 Å². The van der Waals surface area contributed by atoms with Crippen LogP contribution in [0.25, 0.3) is 0 Å². The SMILES string of the molecule is CCC1COCCN1Cc1cc(F)cc(C(C)=O)c1O. The van der Waals surface area contributed by atoms with Crippen LogP contribution in [0.5, 0.6) is 5.75 Å². The fraction of sp³-hybridized carbons (Fsp3) is 0.533. The Hall–Kier alpha value is -1.46. The molecule has 5 heteroatoms. The van der Waals surface area contributed by atoms with E-state index in [1.165, 1.54) is 13.0 Å². The van der Waals surface area contributed by atoms with E-state index in [4.69, 9.17) is 4.74 Å². The minimum Gasteiger partial charge on any atom is -0.507 e. The standard InChI is InChI=1S/C15H20FNO3/c1-3-13-9-20-5-4-17(13)8-11-6-12(16)7-14(10(2)18)15(11)19/h6-7,13,19H,3-5,8-9H2,1-2H3. The third-order valence-electron chi connectivity index (χ3n) is 3.73. The number of Topliss-reactive ketones (excluding diaryl/α,β-unsaturated/α-hetero) is 1. The molecular formula is C15H20FNO3. The fourth-order valence-electron chi connectivity index (χ4n) is 2.54. The number of ketones is 1. The first-order valence-corrected chi connectivity index (χ1v) is 6.87. The van der Waals surface area contributed by atoms with E-state index in [1.807, 2.05) is 0 Å². The zero-order valence-corrected chi connectivity index (χ0v) is 11.9. The second-order valence-electron chi connectivity index (χ2n) is 5.12. The van der Waals surface area contributed by atoms with Gasteiger partial charge in [-0.1, -0.05) is 6.92 Å². The Bertz CT molecular complexity index is 504. The molecule has 0 amide bonds. The van der Waals surface area contributed by atoms with Crippen LogP contribution in [0.2, 0.25) is 0 Å². The highest BCUT2D eigenvalue weighted by Crippen LogP contribution is 2.27. The first-order valence-electron chi connectivity index (χ1n) is 6.87. The minimum atomic E-state index is -0.496. The molecule has 0 aliphatic carbocycles. The molecule has 1 unspecified atom stereocenters. The molecule has 0 spiro atoms. The van der Waals surface area contributed by atoms with Crippen molar-refractivity contribution >= 4 is 5.78 Å². The van der Waals surface area contributed by atoms with Gasteiger partial charge < -0.3 is 9.84 Å². The van der Waals surface area contributed by atoms with Crippen molar-refractivity contribution in [1.29, 1.82) is 0 Å². The van der Waals surface area contributed by atoms with Gasteiger partial charge in [0.2, 0.25) is 0 Å². The highest BCUT2D eigenvalue weighted by atomic mass is 19.1. The largest absolute Gasteiger partial charge is 0.507 e. The maximum Gasteiger partial charge on any atom is 0.163 e. The highest BCUT2D eigenvalue weighted by molar-refractivity contribution is 5.97. The van der Waals surface area contributed by atoms with Crippen molar-refractivity contribution < 1.29 is 19.0 Å². The Morgan fingerprint density at radius 3 is 2.95 bits per heavy atom. The van der Waals surface area contributed by atoms with Crippen LogP contribution in [0.3, 0.4) is 0 Å². The molecule has 0 radical (unpaired) electrons. The Morgan fingerprint density at radius 2 is 2.30 bits per heavy atom. The lowest BCUT2D eigenvalue weighted by Gasteiger charge is -2.35. The van der Waals surface area contributed by atoms with Crippen LogP contribution in [0.15, 0.2) is 12.1 Å². The number of carbonyl (C=O) groups is 1. The molecule has 1 N–H and O–H groups in total. The predicted molar refractivity (Wildman–Crippen MR) is 73.4 cm³/mol. The number of carbonyl (C=O) groups excluding carboxylic acids is 1. The van der Waals surface area contributed by atoms with E-state index in [2.05, 4.69) is 11.8 Å². The molecule has 2 rings (SSSR count). The van der Waals surface area contributed by atoms with Crippen LogP contribution in [0.1, 0.15) is 36.2 Å². The maximum absolute atomic E-state index is 13.6. The molecule has 1 aliphatic rings. The molecule has 1 saturated heterocycles. The Kier molecular flexibility index (Phi) is 4.73. The number of rotatable bonds is 4. The van der Waals surface area contributed by atoms with E-state index < -0.39 is 5.82 Å². The zero-order valence-electron chi connectivity index (χ0n) is 11.9. The second kappa shape index (κ2) is 6.33. The van der Waals surface area contributed by atoms with Crippen molar-refractivity contribution in [3.63, 3.8) is 0 Å². The van der Waals surface area contributed by atoms with Crippen LogP contribution in [-0.4, -0.2) is 41.6 Å². The molecule has 1 atom stereocenters. The summed E-state index contributed by atoms with van der Waals surface area (Å²) in [6.07, 6.45) is 0.926. The summed E-state index contributed by atoms with van der Waals surface area (Å²) in [5.74, 6) is -0.943. The van der Waals surface area contributed by atoms with Gasteiger partial charge in [-0.15, -0.1) is 0 Å². The summed E-state index contributed by atoms with van der Waals surface area (Å²) in [4.78, 5) is 13.6. The third kappa shape index (κ3) is 3.16. The van der Waals surface area contributed by atoms with Gasteiger partial charge in [0.15, 0.2) is 5.78 Å². The molecule has 1 aliphatic heterocycles. The topological polar surface area (TPSA) is 49.8 Å². The molecule has 0 bridgehead atoms. The molecule has 1 aromatic rings. The van der Waals surface area contributed by atoms with Gasteiger partial charge in [-0.3, -0.25) is 9.69 Å². The van der Waals surface area contributed by atoms with Gasteiger partial charge in [0.05, 0.1) is 18.8 Å². The van der Waals surface area contributed by atoms with Crippen LogP contribution in [-0.2, 0) is 11.3 Å². The van der Waals surface area contributed by atoms with Gasteiger partial charge in [0.25, 0.3) is 0 Å². The summed E-state index contributed by atoms with van der Waals surface area (Å²) in [6.45, 7) is 5.83. The van der Waals surface area contributed by atoms with Gasteiger partial charge in [-0.25, -0.2) is 4.39 Å². The van der Waals surface area contributed by atoms with Gasteiger partial charge in [0.1, 0.15) is 11.6 Å². The Morgan fingerprint density at radius 1 is 1.55 bits per heavy atom. The first-order chi connectivity index (χ1) is 9.52. The average molecular weight is 281 g/mol. The smallest absolute Gasteiger partial charge is 0.163 e. The number of ether oxygens (including phenoxy) is 1. The lowest BCUT2D eigenvalue weighted by molar-refractivity contribution is -0.0130. The second-order valence-corrected chi connectivity index (χ2v) is 5.12. The van der Waals surface area contributed by atoms with Crippen LogP contribution < -0.4 is 0 Å². The van der Waals surface area contributed by atoms with Gasteiger partial charge in [0, 0.05) is 24.7 Å². The van der Waals surface area contributed by atoms with Gasteiger partial charge >= 0.3 is 0 Å². The van der Waals surface area contributed by atoms with Crippen molar-refractivity contribution in [1.82, 2.24) is 4.90 Å². The molecule has 1 heterocycles. The number of benzene rings is 1. The van der Waals surface area contributed by atoms with Gasteiger partial charge in [-0.2, -0.15) is 0 Å². The lowest BCUT2D eigenvalue weighted by atomic mass is 10.0. The number of hydrogen-bond donors (Lipinski definition) is 1. The molecular weight excluding hydrogens is 261 g/mol. The van der Waals surface area contributed by atoms with E-state index in [9.17, 15) is 14.3 Å². The monoisotopic (exact) mass is 281 g/mol. The number of phenols is 1. The maximum atomic E-state index is 13.6. The number of morpholine rings is 1. The van der Waals surface area contributed by atoms with E-state index >= 15 is 0 Å². The lowest BCUT2D eigenvalue weighted by Crippen LogP contribution is -2.44. The number of hydrogen-bond acceptors (Lipinski definition) is 4. The molecule has 0 aromatic heterocycles. The van der Waals surface area contributed by atoms with Crippen molar-refractivity contribution in [3.05, 3.63) is 29.1 Å². The molecule has 1 fully saturated rings. The van der Waals surface area contributed by atoms with Crippen molar-refractivity contribution in [2.45, 2.75) is 32.9 Å². The summed E-state index contributed by atoms with van der Waals surface area (Å²) in [5, 5.41) is 10.1.